The van der Waals surface area contributed by atoms with Gasteiger partial charge in [-0.05, 0) is 40.9 Å². The second-order valence-electron chi connectivity index (χ2n) is 4.29. The normalized spacial score (nSPS) is 14.7. The second kappa shape index (κ2) is 4.61. The van der Waals surface area contributed by atoms with E-state index >= 15 is 0 Å². The van der Waals surface area contributed by atoms with Crippen molar-refractivity contribution in [3.05, 3.63) is 28.7 Å². The summed E-state index contributed by atoms with van der Waals surface area (Å²) in [5, 5.41) is 3.83. The zero-order valence-electron chi connectivity index (χ0n) is 9.47. The van der Waals surface area contributed by atoms with E-state index in [1.165, 1.54) is 0 Å². The van der Waals surface area contributed by atoms with Crippen LogP contribution >= 0.6 is 15.9 Å². The lowest BCUT2D eigenvalue weighted by atomic mass is 10.2. The molecule has 0 spiro atoms. The quantitative estimate of drug-likeness (QED) is 0.867. The van der Waals surface area contributed by atoms with Gasteiger partial charge in [0.15, 0.2) is 0 Å². The minimum atomic E-state index is 0.189. The van der Waals surface area contributed by atoms with Crippen molar-refractivity contribution in [1.82, 2.24) is 15.1 Å². The molecular weight excluding hydrogens is 298 g/mol. The Morgan fingerprint density at radius 3 is 2.94 bits per heavy atom. The van der Waals surface area contributed by atoms with Crippen LogP contribution in [0.15, 0.2) is 27.3 Å². The summed E-state index contributed by atoms with van der Waals surface area (Å²) in [5.74, 6) is 1.19. The molecule has 1 fully saturated rings. The summed E-state index contributed by atoms with van der Waals surface area (Å²) in [4.78, 5) is 20.0. The number of pyridine rings is 1. The molecule has 0 aliphatic heterocycles. The van der Waals surface area contributed by atoms with Crippen molar-refractivity contribution in [2.75, 3.05) is 0 Å². The van der Waals surface area contributed by atoms with E-state index in [4.69, 9.17) is 4.52 Å². The lowest BCUT2D eigenvalue weighted by Gasteiger charge is -1.93. The van der Waals surface area contributed by atoms with Crippen molar-refractivity contribution >= 4 is 21.7 Å². The van der Waals surface area contributed by atoms with Gasteiger partial charge in [-0.2, -0.15) is 4.98 Å². The highest BCUT2D eigenvalue weighted by atomic mass is 79.9. The maximum absolute atomic E-state index is 11.6. The van der Waals surface area contributed by atoms with Crippen LogP contribution in [-0.4, -0.2) is 20.9 Å². The lowest BCUT2D eigenvalue weighted by molar-refractivity contribution is -0.119. The van der Waals surface area contributed by atoms with E-state index in [0.717, 1.165) is 17.3 Å². The van der Waals surface area contributed by atoms with Crippen molar-refractivity contribution in [3.63, 3.8) is 0 Å². The Labute approximate surface area is 112 Å². The number of carbonyl (C=O) groups is 1. The molecule has 0 bridgehead atoms. The van der Waals surface area contributed by atoms with Crippen LogP contribution in [0.2, 0.25) is 0 Å². The SMILES string of the molecule is O=C(Cc1nc(-c2ccc(Br)cn2)no1)C1CC1. The lowest BCUT2D eigenvalue weighted by Crippen LogP contribution is -2.04. The van der Waals surface area contributed by atoms with Crippen LogP contribution in [0.5, 0.6) is 0 Å². The average Bonchev–Trinajstić information content (AvgIpc) is 3.12. The predicted molar refractivity (Wildman–Crippen MR) is 66.7 cm³/mol. The van der Waals surface area contributed by atoms with Gasteiger partial charge in [0.05, 0.1) is 6.42 Å². The topological polar surface area (TPSA) is 68.9 Å². The molecular formula is C12H10BrN3O2. The number of aromatic nitrogens is 3. The zero-order valence-corrected chi connectivity index (χ0v) is 11.1. The largest absolute Gasteiger partial charge is 0.338 e. The Kier molecular flexibility index (Phi) is 2.95. The first-order chi connectivity index (χ1) is 8.72. The van der Waals surface area contributed by atoms with Crippen LogP contribution in [0, 0.1) is 5.92 Å². The summed E-state index contributed by atoms with van der Waals surface area (Å²) in [5.41, 5.74) is 0.632. The van der Waals surface area contributed by atoms with E-state index in [-0.39, 0.29) is 18.1 Å². The van der Waals surface area contributed by atoms with E-state index in [9.17, 15) is 4.79 Å². The second-order valence-corrected chi connectivity index (χ2v) is 5.21. The third-order valence-electron chi connectivity index (χ3n) is 2.78. The maximum Gasteiger partial charge on any atom is 0.234 e. The highest BCUT2D eigenvalue weighted by Crippen LogP contribution is 2.30. The molecule has 92 valence electrons. The summed E-state index contributed by atoms with van der Waals surface area (Å²) in [6.45, 7) is 0. The van der Waals surface area contributed by atoms with Crippen LogP contribution in [0.3, 0.4) is 0 Å². The van der Waals surface area contributed by atoms with Gasteiger partial charge in [0, 0.05) is 16.6 Å². The third-order valence-corrected chi connectivity index (χ3v) is 3.25. The van der Waals surface area contributed by atoms with Gasteiger partial charge in [0.2, 0.25) is 11.7 Å². The van der Waals surface area contributed by atoms with Gasteiger partial charge in [-0.3, -0.25) is 9.78 Å². The van der Waals surface area contributed by atoms with Gasteiger partial charge in [0.1, 0.15) is 11.5 Å². The van der Waals surface area contributed by atoms with Crippen LogP contribution in [0.1, 0.15) is 18.7 Å². The van der Waals surface area contributed by atoms with E-state index in [1.807, 2.05) is 6.07 Å². The molecule has 1 aliphatic carbocycles. The van der Waals surface area contributed by atoms with Gasteiger partial charge < -0.3 is 4.52 Å². The number of hydrogen-bond donors (Lipinski definition) is 0. The molecule has 0 unspecified atom stereocenters. The highest BCUT2D eigenvalue weighted by Gasteiger charge is 2.30. The molecule has 0 atom stereocenters. The molecule has 6 heteroatoms. The van der Waals surface area contributed by atoms with E-state index < -0.39 is 0 Å². The van der Waals surface area contributed by atoms with Crippen LogP contribution in [0.4, 0.5) is 0 Å². The summed E-state index contributed by atoms with van der Waals surface area (Å²) in [6.07, 6.45) is 3.89. The van der Waals surface area contributed by atoms with Gasteiger partial charge in [-0.15, -0.1) is 0 Å². The smallest absolute Gasteiger partial charge is 0.234 e. The standard InChI is InChI=1S/C12H10BrN3O2/c13-8-3-4-9(14-6-8)12-15-11(18-16-12)5-10(17)7-1-2-7/h3-4,6-7H,1-2,5H2. The molecule has 0 radical (unpaired) electrons. The van der Waals surface area contributed by atoms with Gasteiger partial charge in [-0.25, -0.2) is 0 Å². The Bertz CT molecular complexity index is 575. The maximum atomic E-state index is 11.6. The molecule has 3 rings (SSSR count). The van der Waals surface area contributed by atoms with Crippen LogP contribution in [-0.2, 0) is 11.2 Å². The predicted octanol–water partition coefficient (Wildman–Crippen LogP) is 2.42. The molecule has 2 heterocycles. The fourth-order valence-corrected chi connectivity index (χ4v) is 1.87. The minimum Gasteiger partial charge on any atom is -0.338 e. The number of rotatable bonds is 4. The molecule has 5 nitrogen and oxygen atoms in total. The van der Waals surface area contributed by atoms with E-state index in [2.05, 4.69) is 31.1 Å². The molecule has 0 aromatic carbocycles. The molecule has 1 aliphatic rings. The zero-order chi connectivity index (χ0) is 12.5. The molecule has 18 heavy (non-hydrogen) atoms. The van der Waals surface area contributed by atoms with E-state index in [0.29, 0.717) is 17.4 Å². The van der Waals surface area contributed by atoms with Gasteiger partial charge in [0.25, 0.3) is 0 Å². The minimum absolute atomic E-state index is 0.189. The molecule has 0 saturated heterocycles. The first kappa shape index (κ1) is 11.5. The first-order valence-corrected chi connectivity index (χ1v) is 6.49. The summed E-state index contributed by atoms with van der Waals surface area (Å²) in [7, 11) is 0. The average molecular weight is 308 g/mol. The van der Waals surface area contributed by atoms with Crippen LogP contribution < -0.4 is 0 Å². The van der Waals surface area contributed by atoms with Gasteiger partial charge in [-0.1, -0.05) is 5.16 Å². The fraction of sp³-hybridized carbons (Fsp3) is 0.333. The van der Waals surface area contributed by atoms with Gasteiger partial charge >= 0.3 is 0 Å². The van der Waals surface area contributed by atoms with Crippen LogP contribution in [0.25, 0.3) is 11.5 Å². The van der Waals surface area contributed by atoms with E-state index in [1.54, 1.807) is 12.3 Å². The molecule has 0 amide bonds. The van der Waals surface area contributed by atoms with Crippen molar-refractivity contribution in [3.8, 4) is 11.5 Å². The number of halogens is 1. The number of hydrogen-bond acceptors (Lipinski definition) is 5. The van der Waals surface area contributed by atoms with Crippen molar-refractivity contribution in [1.29, 1.82) is 0 Å². The number of ketones is 1. The monoisotopic (exact) mass is 307 g/mol. The number of carbonyl (C=O) groups excluding carboxylic acids is 1. The Hall–Kier alpha value is -1.56. The Morgan fingerprint density at radius 2 is 2.28 bits per heavy atom. The third kappa shape index (κ3) is 2.48. The molecule has 2 aromatic heterocycles. The number of nitrogens with zero attached hydrogens (tertiary/aromatic N) is 3. The van der Waals surface area contributed by atoms with Crippen molar-refractivity contribution in [2.24, 2.45) is 5.92 Å². The number of Topliss-reactive ketones (excluding diaryl/α,β-unsaturated/α-hetero) is 1. The summed E-state index contributed by atoms with van der Waals surface area (Å²) in [6, 6.07) is 3.65. The Balaban J connectivity index is 1.76. The molecule has 1 saturated carbocycles. The van der Waals surface area contributed by atoms with Crippen molar-refractivity contribution < 1.29 is 9.32 Å². The highest BCUT2D eigenvalue weighted by molar-refractivity contribution is 9.10. The fourth-order valence-electron chi connectivity index (χ4n) is 1.64. The summed E-state index contributed by atoms with van der Waals surface area (Å²) >= 11 is 3.31. The van der Waals surface area contributed by atoms with Crippen molar-refractivity contribution in [2.45, 2.75) is 19.3 Å². The molecule has 2 aromatic rings. The Morgan fingerprint density at radius 1 is 1.44 bits per heavy atom. The first-order valence-electron chi connectivity index (χ1n) is 5.69. The molecule has 0 N–H and O–H groups in total. The summed E-state index contributed by atoms with van der Waals surface area (Å²) < 4.78 is 5.95.